The molecule has 2 fully saturated rings. The minimum Gasteiger partial charge on any atom is -0.378 e. The number of likely N-dealkylation sites (tertiary alicyclic amines) is 1. The van der Waals surface area contributed by atoms with Crippen molar-refractivity contribution < 1.29 is 9.53 Å². The number of hydrogen-bond acceptors (Lipinski definition) is 3. The number of ether oxygens (including phenoxy) is 1. The number of carbonyl (C=O) groups is 1. The second-order valence-corrected chi connectivity index (χ2v) is 7.07. The van der Waals surface area contributed by atoms with Gasteiger partial charge in [0.1, 0.15) is 0 Å². The Morgan fingerprint density at radius 1 is 1.12 bits per heavy atom. The molecule has 2 saturated heterocycles. The summed E-state index contributed by atoms with van der Waals surface area (Å²) < 4.78 is 5.38. The number of amides is 2. The zero-order valence-corrected chi connectivity index (χ0v) is 14.9. The zero-order chi connectivity index (χ0) is 16.9. The fourth-order valence-electron chi connectivity index (χ4n) is 3.65. The first-order valence-electron chi connectivity index (χ1n) is 9.02. The van der Waals surface area contributed by atoms with Crippen LogP contribution in [-0.2, 0) is 11.3 Å². The van der Waals surface area contributed by atoms with Crippen molar-refractivity contribution in [3.05, 3.63) is 35.4 Å². The SMILES string of the molecule is CN(C)Cc1ccc([C@@H]2CCCCN2C(=O)N2CCOCC2)cc1. The standard InChI is InChI=1S/C19H29N3O2/c1-20(2)15-16-6-8-17(9-7-16)18-5-3-4-10-22(18)19(23)21-11-13-24-14-12-21/h6-9,18H,3-5,10-15H2,1-2H3/t18-/m0/s1. The molecular formula is C19H29N3O2. The molecule has 2 aliphatic heterocycles. The highest BCUT2D eigenvalue weighted by molar-refractivity contribution is 5.75. The van der Waals surface area contributed by atoms with Gasteiger partial charge in [0, 0.05) is 26.2 Å². The lowest BCUT2D eigenvalue weighted by Gasteiger charge is -2.40. The molecule has 5 heteroatoms. The predicted octanol–water partition coefficient (Wildman–Crippen LogP) is 2.73. The van der Waals surface area contributed by atoms with Gasteiger partial charge in [-0.15, -0.1) is 0 Å². The average molecular weight is 331 g/mol. The molecule has 0 N–H and O–H groups in total. The van der Waals surface area contributed by atoms with Crippen LogP contribution in [0.2, 0.25) is 0 Å². The van der Waals surface area contributed by atoms with E-state index in [1.807, 2.05) is 4.90 Å². The Morgan fingerprint density at radius 2 is 1.83 bits per heavy atom. The lowest BCUT2D eigenvalue weighted by atomic mass is 9.94. The molecule has 1 aromatic rings. The zero-order valence-electron chi connectivity index (χ0n) is 14.9. The second-order valence-electron chi connectivity index (χ2n) is 7.07. The van der Waals surface area contributed by atoms with Crippen LogP contribution in [0.3, 0.4) is 0 Å². The highest BCUT2D eigenvalue weighted by Crippen LogP contribution is 2.32. The molecular weight excluding hydrogens is 302 g/mol. The molecule has 0 spiro atoms. The Bertz CT molecular complexity index is 538. The topological polar surface area (TPSA) is 36.0 Å². The van der Waals surface area contributed by atoms with Gasteiger partial charge in [-0.1, -0.05) is 24.3 Å². The summed E-state index contributed by atoms with van der Waals surface area (Å²) >= 11 is 0. The molecule has 2 amide bonds. The molecule has 5 nitrogen and oxygen atoms in total. The fraction of sp³-hybridized carbons (Fsp3) is 0.632. The molecule has 0 aromatic heterocycles. The van der Waals surface area contributed by atoms with Crippen molar-refractivity contribution in [1.29, 1.82) is 0 Å². The molecule has 3 rings (SSSR count). The summed E-state index contributed by atoms with van der Waals surface area (Å²) in [5, 5.41) is 0. The molecule has 132 valence electrons. The van der Waals surface area contributed by atoms with E-state index < -0.39 is 0 Å². The first-order valence-corrected chi connectivity index (χ1v) is 9.02. The number of hydrogen-bond donors (Lipinski definition) is 0. The molecule has 0 unspecified atom stereocenters. The number of urea groups is 1. The average Bonchev–Trinajstić information content (AvgIpc) is 2.62. The quantitative estimate of drug-likeness (QED) is 0.854. The molecule has 2 aliphatic rings. The lowest BCUT2D eigenvalue weighted by molar-refractivity contribution is 0.0355. The van der Waals surface area contributed by atoms with Crippen molar-refractivity contribution in [2.75, 3.05) is 46.9 Å². The number of nitrogens with zero attached hydrogens (tertiary/aromatic N) is 3. The minimum atomic E-state index is 0.181. The Labute approximate surface area is 145 Å². The summed E-state index contributed by atoms with van der Waals surface area (Å²) in [5.41, 5.74) is 2.57. The van der Waals surface area contributed by atoms with E-state index in [9.17, 15) is 4.79 Å². The van der Waals surface area contributed by atoms with Crippen LogP contribution >= 0.6 is 0 Å². The second kappa shape index (κ2) is 7.99. The lowest BCUT2D eigenvalue weighted by Crippen LogP contribution is -2.50. The summed E-state index contributed by atoms with van der Waals surface area (Å²) in [6.45, 7) is 4.54. The fourth-order valence-corrected chi connectivity index (χ4v) is 3.65. The molecule has 1 aromatic carbocycles. The third kappa shape index (κ3) is 4.08. The summed E-state index contributed by atoms with van der Waals surface area (Å²) in [4.78, 5) is 19.1. The molecule has 24 heavy (non-hydrogen) atoms. The number of piperidine rings is 1. The number of rotatable bonds is 3. The van der Waals surface area contributed by atoms with Gasteiger partial charge >= 0.3 is 6.03 Å². The van der Waals surface area contributed by atoms with E-state index in [1.54, 1.807) is 0 Å². The van der Waals surface area contributed by atoms with E-state index in [0.717, 1.165) is 25.9 Å². The van der Waals surface area contributed by atoms with E-state index in [-0.39, 0.29) is 12.1 Å². The highest BCUT2D eigenvalue weighted by Gasteiger charge is 2.31. The first-order chi connectivity index (χ1) is 11.6. The van der Waals surface area contributed by atoms with Crippen LogP contribution < -0.4 is 0 Å². The monoisotopic (exact) mass is 331 g/mol. The first kappa shape index (κ1) is 17.2. The molecule has 0 saturated carbocycles. The van der Waals surface area contributed by atoms with Gasteiger partial charge in [-0.05, 0) is 44.5 Å². The largest absolute Gasteiger partial charge is 0.378 e. The molecule has 0 bridgehead atoms. The molecule has 1 atom stereocenters. The van der Waals surface area contributed by atoms with E-state index >= 15 is 0 Å². The Morgan fingerprint density at radius 3 is 2.50 bits per heavy atom. The van der Waals surface area contributed by atoms with Crippen LogP contribution in [0, 0.1) is 0 Å². The predicted molar refractivity (Wildman–Crippen MR) is 94.9 cm³/mol. The Hall–Kier alpha value is -1.59. The van der Waals surface area contributed by atoms with Gasteiger partial charge < -0.3 is 19.4 Å². The van der Waals surface area contributed by atoms with Crippen molar-refractivity contribution >= 4 is 6.03 Å². The maximum atomic E-state index is 12.9. The van der Waals surface area contributed by atoms with Gasteiger partial charge in [-0.2, -0.15) is 0 Å². The van der Waals surface area contributed by atoms with Crippen molar-refractivity contribution in [2.24, 2.45) is 0 Å². The van der Waals surface area contributed by atoms with Gasteiger partial charge in [0.05, 0.1) is 19.3 Å². The summed E-state index contributed by atoms with van der Waals surface area (Å²) in [5.74, 6) is 0. The van der Waals surface area contributed by atoms with E-state index in [2.05, 4.69) is 48.2 Å². The Kier molecular flexibility index (Phi) is 5.74. The van der Waals surface area contributed by atoms with Gasteiger partial charge in [-0.3, -0.25) is 0 Å². The molecule has 0 radical (unpaired) electrons. The van der Waals surface area contributed by atoms with Crippen LogP contribution in [0.5, 0.6) is 0 Å². The summed E-state index contributed by atoms with van der Waals surface area (Å²) in [7, 11) is 4.16. The number of morpholine rings is 1. The third-order valence-corrected chi connectivity index (χ3v) is 4.89. The van der Waals surface area contributed by atoms with Crippen molar-refractivity contribution in [2.45, 2.75) is 31.8 Å². The van der Waals surface area contributed by atoms with Crippen molar-refractivity contribution in [3.8, 4) is 0 Å². The third-order valence-electron chi connectivity index (χ3n) is 4.89. The van der Waals surface area contributed by atoms with Crippen LogP contribution in [-0.4, -0.2) is 67.7 Å². The highest BCUT2D eigenvalue weighted by atomic mass is 16.5. The van der Waals surface area contributed by atoms with E-state index in [1.165, 1.54) is 17.5 Å². The van der Waals surface area contributed by atoms with Gasteiger partial charge in [0.25, 0.3) is 0 Å². The van der Waals surface area contributed by atoms with Crippen LogP contribution in [0.1, 0.15) is 36.4 Å². The van der Waals surface area contributed by atoms with Gasteiger partial charge in [0.15, 0.2) is 0 Å². The van der Waals surface area contributed by atoms with Crippen LogP contribution in [0.15, 0.2) is 24.3 Å². The molecule has 2 heterocycles. The summed E-state index contributed by atoms with van der Waals surface area (Å²) in [6.07, 6.45) is 3.35. The number of benzene rings is 1. The van der Waals surface area contributed by atoms with E-state index in [0.29, 0.717) is 26.3 Å². The maximum absolute atomic E-state index is 12.9. The maximum Gasteiger partial charge on any atom is 0.320 e. The normalized spacial score (nSPS) is 22.0. The molecule has 0 aliphatic carbocycles. The van der Waals surface area contributed by atoms with Crippen molar-refractivity contribution in [3.63, 3.8) is 0 Å². The number of carbonyl (C=O) groups excluding carboxylic acids is 1. The van der Waals surface area contributed by atoms with Crippen LogP contribution in [0.4, 0.5) is 4.79 Å². The Balaban J connectivity index is 1.72. The van der Waals surface area contributed by atoms with Gasteiger partial charge in [0.2, 0.25) is 0 Å². The smallest absolute Gasteiger partial charge is 0.320 e. The van der Waals surface area contributed by atoms with Crippen LogP contribution in [0.25, 0.3) is 0 Å². The van der Waals surface area contributed by atoms with E-state index in [4.69, 9.17) is 4.74 Å². The summed E-state index contributed by atoms with van der Waals surface area (Å²) in [6, 6.07) is 9.19. The van der Waals surface area contributed by atoms with Gasteiger partial charge in [-0.25, -0.2) is 4.79 Å². The minimum absolute atomic E-state index is 0.181. The van der Waals surface area contributed by atoms with Crippen molar-refractivity contribution in [1.82, 2.24) is 14.7 Å².